The number of benzene rings is 1. The van der Waals surface area contributed by atoms with Crippen molar-refractivity contribution in [2.75, 3.05) is 5.75 Å². The smallest absolute Gasteiger partial charge is 0.293 e. The fraction of sp³-hybridized carbons (Fsp3) is 0.143. The number of rotatable bonds is 6. The average molecular weight is 461 g/mol. The highest BCUT2D eigenvalue weighted by molar-refractivity contribution is 7.99. The van der Waals surface area contributed by atoms with Gasteiger partial charge in [0, 0.05) is 18.8 Å². The summed E-state index contributed by atoms with van der Waals surface area (Å²) in [5.74, 6) is 0.186. The lowest BCUT2D eigenvalue weighted by Gasteiger charge is -2.04. The largest absolute Gasteiger partial charge is 0.433 e. The number of thiophene rings is 1. The van der Waals surface area contributed by atoms with Gasteiger partial charge in [-0.05, 0) is 24.3 Å². The number of carbonyl (C=O) groups excluding carboxylic acids is 1. The van der Waals surface area contributed by atoms with Crippen molar-refractivity contribution in [1.82, 2.24) is 19.7 Å². The summed E-state index contributed by atoms with van der Waals surface area (Å²) >= 11 is 2.53. The van der Waals surface area contributed by atoms with Gasteiger partial charge in [-0.15, -0.1) is 11.3 Å². The summed E-state index contributed by atoms with van der Waals surface area (Å²) in [7, 11) is 1.27. The molecule has 0 unspecified atom stereocenters. The van der Waals surface area contributed by atoms with Crippen molar-refractivity contribution in [3.05, 3.63) is 72.1 Å². The zero-order chi connectivity index (χ0) is 22.0. The first kappa shape index (κ1) is 21.3. The minimum absolute atomic E-state index is 0.0198. The van der Waals surface area contributed by atoms with Gasteiger partial charge in [0.25, 0.3) is 0 Å². The fourth-order valence-electron chi connectivity index (χ4n) is 2.85. The highest BCUT2D eigenvalue weighted by atomic mass is 32.2. The lowest BCUT2D eigenvalue weighted by atomic mass is 10.2. The molecule has 0 aliphatic rings. The van der Waals surface area contributed by atoms with E-state index in [0.717, 1.165) is 15.6 Å². The number of Topliss-reactive ketones (excluding diaryl/α,β-unsaturated/α-hetero) is 1. The first-order valence-corrected chi connectivity index (χ1v) is 10.9. The highest BCUT2D eigenvalue weighted by Gasteiger charge is 2.35. The molecule has 10 heteroatoms. The lowest BCUT2D eigenvalue weighted by molar-refractivity contribution is -0.143. The van der Waals surface area contributed by atoms with Gasteiger partial charge < -0.3 is 0 Å². The molecule has 3 heterocycles. The van der Waals surface area contributed by atoms with Crippen molar-refractivity contribution in [3.8, 4) is 21.1 Å². The van der Waals surface area contributed by atoms with E-state index in [4.69, 9.17) is 0 Å². The molecule has 0 radical (unpaired) electrons. The molecule has 0 saturated carbocycles. The summed E-state index contributed by atoms with van der Waals surface area (Å²) in [6, 6.07) is 15.2. The first-order chi connectivity index (χ1) is 14.8. The quantitative estimate of drug-likeness (QED) is 0.213. The molecule has 5 nitrogen and oxygen atoms in total. The van der Waals surface area contributed by atoms with Crippen molar-refractivity contribution >= 4 is 28.9 Å². The zero-order valence-corrected chi connectivity index (χ0v) is 17.8. The van der Waals surface area contributed by atoms with E-state index in [-0.39, 0.29) is 17.2 Å². The van der Waals surface area contributed by atoms with Crippen molar-refractivity contribution in [2.24, 2.45) is 7.05 Å². The summed E-state index contributed by atoms with van der Waals surface area (Å²) in [6.45, 7) is 0. The maximum absolute atomic E-state index is 13.0. The summed E-state index contributed by atoms with van der Waals surface area (Å²) < 4.78 is 39.9. The maximum Gasteiger partial charge on any atom is 0.433 e. The van der Waals surface area contributed by atoms with Gasteiger partial charge in [-0.1, -0.05) is 42.1 Å². The molecule has 0 atom stereocenters. The third kappa shape index (κ3) is 4.86. The number of carbonyl (C=O) groups is 1. The SMILES string of the molecule is Cn1nc(-c2ccc(-c3ccnc(SCC(=O)c4ccccc4)n3)s2)cc1C(F)(F)F. The minimum atomic E-state index is -4.46. The topological polar surface area (TPSA) is 60.7 Å². The van der Waals surface area contributed by atoms with Crippen LogP contribution in [0.15, 0.2) is 66.0 Å². The van der Waals surface area contributed by atoms with Crippen molar-refractivity contribution in [3.63, 3.8) is 0 Å². The first-order valence-electron chi connectivity index (χ1n) is 9.07. The second kappa shape index (κ2) is 8.64. The molecule has 0 amide bonds. The Hall–Kier alpha value is -2.98. The van der Waals surface area contributed by atoms with E-state index < -0.39 is 11.9 Å². The Kier molecular flexibility index (Phi) is 5.92. The van der Waals surface area contributed by atoms with E-state index in [9.17, 15) is 18.0 Å². The Labute approximate surface area is 184 Å². The Bertz CT molecular complexity index is 1220. The molecule has 4 aromatic rings. The number of aryl methyl sites for hydroxylation is 1. The number of alkyl halides is 3. The van der Waals surface area contributed by atoms with Crippen molar-refractivity contribution in [1.29, 1.82) is 0 Å². The van der Waals surface area contributed by atoms with E-state index in [0.29, 0.717) is 21.3 Å². The molecule has 0 fully saturated rings. The van der Waals surface area contributed by atoms with E-state index in [2.05, 4.69) is 15.1 Å². The Morgan fingerprint density at radius 3 is 2.45 bits per heavy atom. The Balaban J connectivity index is 1.50. The molecule has 158 valence electrons. The van der Waals surface area contributed by atoms with Gasteiger partial charge in [0.1, 0.15) is 11.4 Å². The average Bonchev–Trinajstić information content (AvgIpc) is 3.39. The van der Waals surface area contributed by atoms with Crippen LogP contribution in [-0.2, 0) is 13.2 Å². The third-order valence-electron chi connectivity index (χ3n) is 4.34. The zero-order valence-electron chi connectivity index (χ0n) is 16.1. The molecule has 0 spiro atoms. The molecule has 0 saturated heterocycles. The number of halogens is 3. The van der Waals surface area contributed by atoms with Crippen LogP contribution < -0.4 is 0 Å². The van der Waals surface area contributed by atoms with Gasteiger partial charge in [-0.2, -0.15) is 18.3 Å². The molecule has 0 aliphatic heterocycles. The molecular formula is C21H15F3N4OS2. The van der Waals surface area contributed by atoms with Gasteiger partial charge >= 0.3 is 6.18 Å². The van der Waals surface area contributed by atoms with E-state index >= 15 is 0 Å². The van der Waals surface area contributed by atoms with Gasteiger partial charge in [-0.3, -0.25) is 9.48 Å². The highest BCUT2D eigenvalue weighted by Crippen LogP contribution is 2.36. The number of hydrogen-bond acceptors (Lipinski definition) is 6. The van der Waals surface area contributed by atoms with Crippen LogP contribution in [-0.4, -0.2) is 31.3 Å². The van der Waals surface area contributed by atoms with Crippen LogP contribution in [0.25, 0.3) is 21.1 Å². The standard InChI is InChI=1S/C21H15F3N4OS2/c1-28-19(21(22,23)24)11-15(27-28)18-8-7-17(31-18)14-9-10-25-20(26-14)30-12-16(29)13-5-3-2-4-6-13/h2-11H,12H2,1H3. The minimum Gasteiger partial charge on any atom is -0.293 e. The van der Waals surface area contributed by atoms with Crippen molar-refractivity contribution < 1.29 is 18.0 Å². The lowest BCUT2D eigenvalue weighted by Crippen LogP contribution is -2.11. The van der Waals surface area contributed by atoms with Crippen LogP contribution in [0, 0.1) is 0 Å². The molecule has 1 aromatic carbocycles. The van der Waals surface area contributed by atoms with Gasteiger partial charge in [0.15, 0.2) is 10.9 Å². The second-order valence-electron chi connectivity index (χ2n) is 6.50. The number of ketones is 1. The number of hydrogen-bond donors (Lipinski definition) is 0. The predicted molar refractivity (Wildman–Crippen MR) is 114 cm³/mol. The Morgan fingerprint density at radius 2 is 1.77 bits per heavy atom. The van der Waals surface area contributed by atoms with E-state index in [1.54, 1.807) is 36.5 Å². The van der Waals surface area contributed by atoms with Crippen molar-refractivity contribution in [2.45, 2.75) is 11.3 Å². The normalized spacial score (nSPS) is 11.6. The number of thioether (sulfide) groups is 1. The van der Waals surface area contributed by atoms with Gasteiger partial charge in [0.2, 0.25) is 0 Å². The monoisotopic (exact) mass is 460 g/mol. The molecule has 0 aliphatic carbocycles. The van der Waals surface area contributed by atoms with Crippen LogP contribution in [0.1, 0.15) is 16.1 Å². The molecule has 0 bridgehead atoms. The number of aromatic nitrogens is 4. The molecule has 31 heavy (non-hydrogen) atoms. The van der Waals surface area contributed by atoms with Gasteiger partial charge in [0.05, 0.1) is 21.2 Å². The summed E-state index contributed by atoms with van der Waals surface area (Å²) in [5.41, 5.74) is 0.708. The van der Waals surface area contributed by atoms with Crippen LogP contribution >= 0.6 is 23.1 Å². The van der Waals surface area contributed by atoms with Crippen LogP contribution in [0.3, 0.4) is 0 Å². The van der Waals surface area contributed by atoms with Crippen LogP contribution in [0.5, 0.6) is 0 Å². The maximum atomic E-state index is 13.0. The van der Waals surface area contributed by atoms with E-state index in [1.807, 2.05) is 18.2 Å². The summed E-state index contributed by atoms with van der Waals surface area (Å²) in [4.78, 5) is 22.3. The van der Waals surface area contributed by atoms with Gasteiger partial charge in [-0.25, -0.2) is 9.97 Å². The molecule has 0 N–H and O–H groups in total. The van der Waals surface area contributed by atoms with Crippen LogP contribution in [0.2, 0.25) is 0 Å². The van der Waals surface area contributed by atoms with E-state index in [1.165, 1.54) is 30.1 Å². The fourth-order valence-corrected chi connectivity index (χ4v) is 4.51. The second-order valence-corrected chi connectivity index (χ2v) is 8.53. The summed E-state index contributed by atoms with van der Waals surface area (Å²) in [5, 5.41) is 4.43. The number of nitrogens with zero attached hydrogens (tertiary/aromatic N) is 4. The predicted octanol–water partition coefficient (Wildman–Crippen LogP) is 5.60. The molecule has 4 rings (SSSR count). The third-order valence-corrected chi connectivity index (χ3v) is 6.33. The molecule has 3 aromatic heterocycles. The molecular weight excluding hydrogens is 445 g/mol. The summed E-state index contributed by atoms with van der Waals surface area (Å²) in [6.07, 6.45) is -2.87. The Morgan fingerprint density at radius 1 is 1.06 bits per heavy atom. The van der Waals surface area contributed by atoms with Crippen LogP contribution in [0.4, 0.5) is 13.2 Å².